The number of benzene rings is 2. The van der Waals surface area contributed by atoms with Crippen molar-refractivity contribution in [2.75, 3.05) is 42.1 Å². The number of hydrogen-bond donors (Lipinski definition) is 0. The van der Waals surface area contributed by atoms with Gasteiger partial charge in [0.1, 0.15) is 11.8 Å². The van der Waals surface area contributed by atoms with E-state index in [1.54, 1.807) is 47.7 Å². The molecule has 2 rings (SSSR count). The molecule has 0 fully saturated rings. The average Bonchev–Trinajstić information content (AvgIpc) is 2.88. The van der Waals surface area contributed by atoms with E-state index in [1.165, 1.54) is 0 Å². The van der Waals surface area contributed by atoms with Gasteiger partial charge in [0.15, 0.2) is 23.0 Å². The molecule has 2 aromatic carbocycles. The Morgan fingerprint density at radius 2 is 1.56 bits per heavy atom. The zero-order valence-corrected chi connectivity index (χ0v) is 20.5. The Morgan fingerprint density at radius 3 is 2.15 bits per heavy atom. The van der Waals surface area contributed by atoms with Gasteiger partial charge in [-0.25, -0.2) is 0 Å². The molecule has 34 heavy (non-hydrogen) atoms. The van der Waals surface area contributed by atoms with Crippen molar-refractivity contribution >= 4 is 17.4 Å². The van der Waals surface area contributed by atoms with Gasteiger partial charge in [-0.3, -0.25) is 4.99 Å². The molecule has 0 aliphatic heterocycles. The quantitative estimate of drug-likeness (QED) is 0.166. The first kappa shape index (κ1) is 26.3. The van der Waals surface area contributed by atoms with Crippen LogP contribution in [0.5, 0.6) is 28.7 Å². The van der Waals surface area contributed by atoms with Crippen molar-refractivity contribution in [3.05, 3.63) is 54.1 Å². The molecule has 7 nitrogen and oxygen atoms in total. The molecule has 0 aliphatic carbocycles. The van der Waals surface area contributed by atoms with Gasteiger partial charge in [0.2, 0.25) is 5.75 Å². The third kappa shape index (κ3) is 6.32. The molecule has 0 N–H and O–H groups in total. The minimum atomic E-state index is 0.308. The molecule has 0 spiro atoms. The predicted octanol–water partition coefficient (Wildman–Crippen LogP) is 5.59. The number of ether oxygens (including phenoxy) is 5. The first-order valence-corrected chi connectivity index (χ1v) is 10.9. The Bertz CT molecular complexity index is 1080. The number of rotatable bonds is 13. The molecule has 0 aromatic heterocycles. The summed E-state index contributed by atoms with van der Waals surface area (Å²) in [5.41, 5.74) is 2.39. The van der Waals surface area contributed by atoms with Crippen molar-refractivity contribution in [1.82, 2.24) is 0 Å². The van der Waals surface area contributed by atoms with Gasteiger partial charge in [0.05, 0.1) is 35.5 Å². The topological polar surface area (TPSA) is 82.3 Å². The van der Waals surface area contributed by atoms with Crippen LogP contribution in [0, 0.1) is 11.3 Å². The summed E-state index contributed by atoms with van der Waals surface area (Å²) < 4.78 is 27.4. The standard InChI is InChI=1S/C27H32N2O5/c1-7-8-9-10-15-29-22(18-28)21(19-11-13-23(30-2)25(17-19)32-4)16-20-12-14-24(31-3)27(34-6)26(20)33-5/h7,11-14,16-17H,1,8-10,15H2,2-6H3/b21-16+,29-22?. The lowest BCUT2D eigenvalue weighted by molar-refractivity contribution is 0.324. The molecular formula is C27H32N2O5. The van der Waals surface area contributed by atoms with Gasteiger partial charge in [-0.05, 0) is 55.2 Å². The van der Waals surface area contributed by atoms with E-state index in [0.29, 0.717) is 52.1 Å². The highest BCUT2D eigenvalue weighted by atomic mass is 16.5. The summed E-state index contributed by atoms with van der Waals surface area (Å²) in [6.45, 7) is 4.28. The predicted molar refractivity (Wildman–Crippen MR) is 135 cm³/mol. The van der Waals surface area contributed by atoms with Crippen LogP contribution < -0.4 is 23.7 Å². The van der Waals surface area contributed by atoms with E-state index in [0.717, 1.165) is 24.8 Å². The van der Waals surface area contributed by atoms with Crippen molar-refractivity contribution in [2.45, 2.75) is 19.3 Å². The second-order valence-corrected chi connectivity index (χ2v) is 7.18. The van der Waals surface area contributed by atoms with Gasteiger partial charge < -0.3 is 23.7 Å². The van der Waals surface area contributed by atoms with Crippen LogP contribution >= 0.6 is 0 Å². The van der Waals surface area contributed by atoms with Crippen LogP contribution in [0.25, 0.3) is 11.6 Å². The van der Waals surface area contributed by atoms with E-state index in [1.807, 2.05) is 30.4 Å². The maximum absolute atomic E-state index is 10.0. The van der Waals surface area contributed by atoms with Crippen LogP contribution in [0.2, 0.25) is 0 Å². The number of nitriles is 1. The zero-order chi connectivity index (χ0) is 24.9. The number of allylic oxidation sites excluding steroid dienone is 2. The van der Waals surface area contributed by atoms with E-state index >= 15 is 0 Å². The van der Waals surface area contributed by atoms with Gasteiger partial charge in [-0.15, -0.1) is 6.58 Å². The van der Waals surface area contributed by atoms with Crippen LogP contribution in [0.3, 0.4) is 0 Å². The Balaban J connectivity index is 2.69. The van der Waals surface area contributed by atoms with Gasteiger partial charge in [-0.1, -0.05) is 12.1 Å². The first-order chi connectivity index (χ1) is 16.6. The van der Waals surface area contributed by atoms with Crippen LogP contribution in [0.15, 0.2) is 48.0 Å². The van der Waals surface area contributed by atoms with Crippen LogP contribution in [-0.4, -0.2) is 47.8 Å². The summed E-state index contributed by atoms with van der Waals surface area (Å²) >= 11 is 0. The SMILES string of the molecule is C=CCCCCN=C(C#N)/C(=C/c1ccc(OC)c(OC)c1OC)c1ccc(OC)c(OC)c1. The van der Waals surface area contributed by atoms with E-state index in [2.05, 4.69) is 17.6 Å². The van der Waals surface area contributed by atoms with Crippen LogP contribution in [0.1, 0.15) is 30.4 Å². The molecule has 0 amide bonds. The van der Waals surface area contributed by atoms with Crippen molar-refractivity contribution in [1.29, 1.82) is 5.26 Å². The Hall–Kier alpha value is -3.92. The summed E-state index contributed by atoms with van der Waals surface area (Å²) in [6.07, 6.45) is 6.47. The molecule has 0 unspecified atom stereocenters. The number of unbranched alkanes of at least 4 members (excludes halogenated alkanes) is 2. The molecule has 0 aliphatic rings. The summed E-state index contributed by atoms with van der Waals surface area (Å²) in [4.78, 5) is 4.60. The van der Waals surface area contributed by atoms with Crippen molar-refractivity contribution in [3.8, 4) is 34.8 Å². The molecular weight excluding hydrogens is 432 g/mol. The number of hydrogen-bond acceptors (Lipinski definition) is 7. The lowest BCUT2D eigenvalue weighted by atomic mass is 9.97. The summed E-state index contributed by atoms with van der Waals surface area (Å²) in [7, 11) is 7.82. The molecule has 0 atom stereocenters. The average molecular weight is 465 g/mol. The van der Waals surface area contributed by atoms with Gasteiger partial charge >= 0.3 is 0 Å². The molecule has 0 radical (unpaired) electrons. The number of methoxy groups -OCH3 is 5. The minimum absolute atomic E-state index is 0.308. The Labute approximate surface area is 201 Å². The molecule has 7 heteroatoms. The third-order valence-corrected chi connectivity index (χ3v) is 5.18. The van der Waals surface area contributed by atoms with Gasteiger partial charge in [0.25, 0.3) is 0 Å². The fraction of sp³-hybridized carbons (Fsp3) is 0.333. The van der Waals surface area contributed by atoms with Crippen molar-refractivity contribution in [3.63, 3.8) is 0 Å². The second kappa shape index (κ2) is 13.6. The lowest BCUT2D eigenvalue weighted by Crippen LogP contribution is -2.03. The molecule has 180 valence electrons. The van der Waals surface area contributed by atoms with E-state index in [9.17, 15) is 5.26 Å². The van der Waals surface area contributed by atoms with E-state index in [4.69, 9.17) is 23.7 Å². The molecule has 0 heterocycles. The van der Waals surface area contributed by atoms with Crippen molar-refractivity contribution in [2.24, 2.45) is 4.99 Å². The fourth-order valence-corrected chi connectivity index (χ4v) is 3.46. The number of nitrogens with zero attached hydrogens (tertiary/aromatic N) is 2. The largest absolute Gasteiger partial charge is 0.493 e. The van der Waals surface area contributed by atoms with E-state index in [-0.39, 0.29) is 0 Å². The second-order valence-electron chi connectivity index (χ2n) is 7.18. The van der Waals surface area contributed by atoms with Crippen LogP contribution in [-0.2, 0) is 0 Å². The lowest BCUT2D eigenvalue weighted by Gasteiger charge is -2.16. The molecule has 0 bridgehead atoms. The molecule has 0 saturated heterocycles. The highest BCUT2D eigenvalue weighted by Crippen LogP contribution is 2.41. The minimum Gasteiger partial charge on any atom is -0.493 e. The van der Waals surface area contributed by atoms with E-state index < -0.39 is 0 Å². The smallest absolute Gasteiger partial charge is 0.203 e. The van der Waals surface area contributed by atoms with Gasteiger partial charge in [0, 0.05) is 17.7 Å². The third-order valence-electron chi connectivity index (χ3n) is 5.18. The van der Waals surface area contributed by atoms with Gasteiger partial charge in [-0.2, -0.15) is 5.26 Å². The maximum atomic E-state index is 10.0. The summed E-state index contributed by atoms with van der Waals surface area (Å²) in [6, 6.07) is 11.4. The fourth-order valence-electron chi connectivity index (χ4n) is 3.46. The van der Waals surface area contributed by atoms with Crippen LogP contribution in [0.4, 0.5) is 0 Å². The summed E-state index contributed by atoms with van der Waals surface area (Å²) in [5.74, 6) is 2.64. The Morgan fingerprint density at radius 1 is 0.882 bits per heavy atom. The highest BCUT2D eigenvalue weighted by molar-refractivity contribution is 6.34. The molecule has 0 saturated carbocycles. The monoisotopic (exact) mass is 464 g/mol. The first-order valence-electron chi connectivity index (χ1n) is 10.9. The highest BCUT2D eigenvalue weighted by Gasteiger charge is 2.18. The van der Waals surface area contributed by atoms with Crippen molar-refractivity contribution < 1.29 is 23.7 Å². The molecule has 2 aromatic rings. The number of aliphatic imine (C=N–C) groups is 1. The maximum Gasteiger partial charge on any atom is 0.203 e. The normalized spacial score (nSPS) is 11.4. The summed E-state index contributed by atoms with van der Waals surface area (Å²) in [5, 5.41) is 10.0. The Kier molecular flexibility index (Phi) is 10.5. The zero-order valence-electron chi connectivity index (χ0n) is 20.5.